The van der Waals surface area contributed by atoms with E-state index in [0.717, 1.165) is 19.3 Å². The highest BCUT2D eigenvalue weighted by Gasteiger charge is 2.39. The molecule has 0 aromatic heterocycles. The van der Waals surface area contributed by atoms with E-state index in [9.17, 15) is 9.59 Å². The molecule has 92 valence electrons. The maximum atomic E-state index is 11.6. The van der Waals surface area contributed by atoms with Crippen molar-refractivity contribution in [3.63, 3.8) is 0 Å². The van der Waals surface area contributed by atoms with Crippen LogP contribution in [0.5, 0.6) is 0 Å². The van der Waals surface area contributed by atoms with E-state index in [0.29, 0.717) is 6.61 Å². The standard InChI is InChI=1S/C12H20O4/c1-4-6-9-7-8(3)10(16-11(9)13)12(14)15-5-2/h8-10H,4-7H2,1-3H3/t8-,9+,10+/m0/s1. The summed E-state index contributed by atoms with van der Waals surface area (Å²) in [5.74, 6) is -0.671. The zero-order chi connectivity index (χ0) is 12.1. The molecule has 0 aromatic carbocycles. The van der Waals surface area contributed by atoms with Crippen molar-refractivity contribution >= 4 is 11.9 Å². The fourth-order valence-electron chi connectivity index (χ4n) is 2.10. The highest BCUT2D eigenvalue weighted by molar-refractivity contribution is 5.82. The van der Waals surface area contributed by atoms with Crippen molar-refractivity contribution in [2.24, 2.45) is 11.8 Å². The van der Waals surface area contributed by atoms with Crippen molar-refractivity contribution in [3.8, 4) is 0 Å². The predicted molar refractivity (Wildman–Crippen MR) is 58.7 cm³/mol. The monoisotopic (exact) mass is 228 g/mol. The van der Waals surface area contributed by atoms with Gasteiger partial charge in [0.1, 0.15) is 0 Å². The maximum Gasteiger partial charge on any atom is 0.347 e. The summed E-state index contributed by atoms with van der Waals surface area (Å²) in [6.45, 7) is 6.02. The Morgan fingerprint density at radius 1 is 1.50 bits per heavy atom. The molecule has 0 aliphatic carbocycles. The molecule has 0 aromatic rings. The van der Waals surface area contributed by atoms with Gasteiger partial charge >= 0.3 is 11.9 Å². The van der Waals surface area contributed by atoms with E-state index < -0.39 is 12.1 Å². The Morgan fingerprint density at radius 3 is 2.75 bits per heavy atom. The van der Waals surface area contributed by atoms with E-state index in [1.54, 1.807) is 6.92 Å². The summed E-state index contributed by atoms with van der Waals surface area (Å²) in [5, 5.41) is 0. The van der Waals surface area contributed by atoms with Gasteiger partial charge in [-0.25, -0.2) is 4.79 Å². The van der Waals surface area contributed by atoms with Gasteiger partial charge in [-0.2, -0.15) is 0 Å². The lowest BCUT2D eigenvalue weighted by molar-refractivity contribution is -0.181. The van der Waals surface area contributed by atoms with Crippen LogP contribution in [-0.2, 0) is 19.1 Å². The fourth-order valence-corrected chi connectivity index (χ4v) is 2.10. The van der Waals surface area contributed by atoms with Crippen LogP contribution in [0.1, 0.15) is 40.0 Å². The van der Waals surface area contributed by atoms with E-state index in [1.165, 1.54) is 0 Å². The lowest BCUT2D eigenvalue weighted by Crippen LogP contribution is -2.42. The minimum absolute atomic E-state index is 0.0494. The van der Waals surface area contributed by atoms with Crippen LogP contribution >= 0.6 is 0 Å². The molecule has 0 radical (unpaired) electrons. The Kier molecular flexibility index (Phi) is 4.77. The van der Waals surface area contributed by atoms with Gasteiger partial charge in [0.05, 0.1) is 12.5 Å². The zero-order valence-electron chi connectivity index (χ0n) is 10.2. The molecule has 0 spiro atoms. The third-order valence-corrected chi connectivity index (χ3v) is 2.91. The Morgan fingerprint density at radius 2 is 2.19 bits per heavy atom. The molecule has 1 heterocycles. The molecule has 0 bridgehead atoms. The summed E-state index contributed by atoms with van der Waals surface area (Å²) >= 11 is 0. The number of cyclic esters (lactones) is 1. The molecule has 1 aliphatic heterocycles. The van der Waals surface area contributed by atoms with E-state index in [1.807, 2.05) is 13.8 Å². The van der Waals surface area contributed by atoms with E-state index in [-0.39, 0.29) is 17.8 Å². The van der Waals surface area contributed by atoms with Gasteiger partial charge in [0.15, 0.2) is 0 Å². The van der Waals surface area contributed by atoms with Crippen LogP contribution in [0, 0.1) is 11.8 Å². The SMILES string of the molecule is CCC[C@@H]1C[C@H](C)[C@H](C(=O)OCC)OC1=O. The summed E-state index contributed by atoms with van der Waals surface area (Å²) in [7, 11) is 0. The van der Waals surface area contributed by atoms with Crippen LogP contribution in [0.4, 0.5) is 0 Å². The highest BCUT2D eigenvalue weighted by Crippen LogP contribution is 2.29. The molecule has 1 fully saturated rings. The summed E-state index contributed by atoms with van der Waals surface area (Å²) in [6, 6.07) is 0. The number of carbonyl (C=O) groups excluding carboxylic acids is 2. The van der Waals surface area contributed by atoms with Gasteiger partial charge in [-0.15, -0.1) is 0 Å². The Bertz CT molecular complexity index is 262. The van der Waals surface area contributed by atoms with Crippen molar-refractivity contribution in [2.45, 2.75) is 46.1 Å². The molecule has 1 aliphatic rings. The first-order valence-corrected chi connectivity index (χ1v) is 5.97. The first kappa shape index (κ1) is 13.0. The number of rotatable bonds is 4. The minimum atomic E-state index is -0.708. The summed E-state index contributed by atoms with van der Waals surface area (Å²) in [6.07, 6.45) is 1.80. The number of ether oxygens (including phenoxy) is 2. The van der Waals surface area contributed by atoms with Crippen LogP contribution in [0.2, 0.25) is 0 Å². The van der Waals surface area contributed by atoms with Crippen LogP contribution in [0.3, 0.4) is 0 Å². The fraction of sp³-hybridized carbons (Fsp3) is 0.833. The van der Waals surface area contributed by atoms with E-state index in [2.05, 4.69) is 0 Å². The van der Waals surface area contributed by atoms with Gasteiger partial charge in [-0.05, 0) is 19.8 Å². The molecular weight excluding hydrogens is 208 g/mol. The second-order valence-corrected chi connectivity index (χ2v) is 4.31. The van der Waals surface area contributed by atoms with Crippen LogP contribution in [-0.4, -0.2) is 24.6 Å². The molecule has 1 rings (SSSR count). The molecule has 0 saturated carbocycles. The Hall–Kier alpha value is -1.06. The van der Waals surface area contributed by atoms with Crippen molar-refractivity contribution in [3.05, 3.63) is 0 Å². The highest BCUT2D eigenvalue weighted by atomic mass is 16.6. The molecule has 4 heteroatoms. The third kappa shape index (κ3) is 2.97. The lowest BCUT2D eigenvalue weighted by Gasteiger charge is -2.31. The number of hydrogen-bond acceptors (Lipinski definition) is 4. The van der Waals surface area contributed by atoms with Gasteiger partial charge in [-0.3, -0.25) is 4.79 Å². The van der Waals surface area contributed by atoms with Crippen molar-refractivity contribution < 1.29 is 19.1 Å². The maximum absolute atomic E-state index is 11.6. The van der Waals surface area contributed by atoms with Crippen molar-refractivity contribution in [1.29, 1.82) is 0 Å². The number of esters is 2. The molecule has 1 saturated heterocycles. The topological polar surface area (TPSA) is 52.6 Å². The minimum Gasteiger partial charge on any atom is -0.463 e. The number of carbonyl (C=O) groups is 2. The normalized spacial score (nSPS) is 29.7. The van der Waals surface area contributed by atoms with Gasteiger partial charge in [0.2, 0.25) is 6.10 Å². The van der Waals surface area contributed by atoms with Crippen molar-refractivity contribution in [2.75, 3.05) is 6.61 Å². The predicted octanol–water partition coefficient (Wildman–Crippen LogP) is 1.92. The van der Waals surface area contributed by atoms with Crippen LogP contribution < -0.4 is 0 Å². The van der Waals surface area contributed by atoms with Gasteiger partial charge in [0.25, 0.3) is 0 Å². The number of hydrogen-bond donors (Lipinski definition) is 0. The molecule has 0 unspecified atom stereocenters. The van der Waals surface area contributed by atoms with E-state index >= 15 is 0 Å². The first-order chi connectivity index (χ1) is 7.60. The van der Waals surface area contributed by atoms with Crippen LogP contribution in [0.15, 0.2) is 0 Å². The Balaban J connectivity index is 2.59. The average Bonchev–Trinajstić information content (AvgIpc) is 2.23. The third-order valence-electron chi connectivity index (χ3n) is 2.91. The van der Waals surface area contributed by atoms with Gasteiger partial charge in [0, 0.05) is 5.92 Å². The summed E-state index contributed by atoms with van der Waals surface area (Å²) in [4.78, 5) is 23.1. The van der Waals surface area contributed by atoms with Crippen LogP contribution in [0.25, 0.3) is 0 Å². The smallest absolute Gasteiger partial charge is 0.347 e. The second-order valence-electron chi connectivity index (χ2n) is 4.31. The quantitative estimate of drug-likeness (QED) is 0.690. The molecule has 4 nitrogen and oxygen atoms in total. The molecule has 0 amide bonds. The Labute approximate surface area is 96.3 Å². The largest absolute Gasteiger partial charge is 0.463 e. The molecule has 0 N–H and O–H groups in total. The molecule has 3 atom stereocenters. The van der Waals surface area contributed by atoms with Gasteiger partial charge in [-0.1, -0.05) is 20.3 Å². The first-order valence-electron chi connectivity index (χ1n) is 5.97. The van der Waals surface area contributed by atoms with Gasteiger partial charge < -0.3 is 9.47 Å². The second kappa shape index (κ2) is 5.87. The molecule has 16 heavy (non-hydrogen) atoms. The average molecular weight is 228 g/mol. The zero-order valence-corrected chi connectivity index (χ0v) is 10.2. The summed E-state index contributed by atoms with van der Waals surface area (Å²) in [5.41, 5.74) is 0. The molecular formula is C12H20O4. The van der Waals surface area contributed by atoms with E-state index in [4.69, 9.17) is 9.47 Å². The van der Waals surface area contributed by atoms with Crippen molar-refractivity contribution in [1.82, 2.24) is 0 Å². The summed E-state index contributed by atoms with van der Waals surface area (Å²) < 4.78 is 10.0. The lowest BCUT2D eigenvalue weighted by atomic mass is 9.86.